The van der Waals surface area contributed by atoms with Gasteiger partial charge in [-0.05, 0) is 37.8 Å². The van der Waals surface area contributed by atoms with E-state index in [-0.39, 0.29) is 24.9 Å². The van der Waals surface area contributed by atoms with Crippen molar-refractivity contribution in [3.8, 4) is 0 Å². The van der Waals surface area contributed by atoms with Crippen LogP contribution in [0.2, 0.25) is 0 Å². The molecule has 1 unspecified atom stereocenters. The van der Waals surface area contributed by atoms with E-state index in [1.165, 1.54) is 6.33 Å². The normalized spacial score (nSPS) is 15.0. The molecule has 1 aliphatic heterocycles. The lowest BCUT2D eigenvalue weighted by Gasteiger charge is -2.24. The van der Waals surface area contributed by atoms with E-state index < -0.39 is 29.4 Å². The maximum Gasteiger partial charge on any atom is 0.250 e. The zero-order chi connectivity index (χ0) is 27.8. The fraction of sp³-hybridized carbons (Fsp3) is 0.379. The number of carbonyl (C=O) groups excluding carboxylic acids is 3. The Hall–Kier alpha value is -4.02. The van der Waals surface area contributed by atoms with E-state index in [9.17, 15) is 14.4 Å². The highest BCUT2D eigenvalue weighted by Crippen LogP contribution is 2.24. The van der Waals surface area contributed by atoms with Gasteiger partial charge in [0.2, 0.25) is 11.8 Å². The number of hydrogen-bond donors (Lipinski definition) is 3. The van der Waals surface area contributed by atoms with Gasteiger partial charge in [-0.2, -0.15) is 0 Å². The molecule has 0 radical (unpaired) electrons. The smallest absolute Gasteiger partial charge is 0.250 e. The number of hydrogen-bond acceptors (Lipinski definition) is 6. The van der Waals surface area contributed by atoms with Gasteiger partial charge in [-0.3, -0.25) is 14.4 Å². The van der Waals surface area contributed by atoms with E-state index in [1.54, 1.807) is 24.6 Å². The molecule has 0 saturated carbocycles. The summed E-state index contributed by atoms with van der Waals surface area (Å²) in [7, 11) is 0. The van der Waals surface area contributed by atoms with Crippen LogP contribution in [0.25, 0.3) is 0 Å². The summed E-state index contributed by atoms with van der Waals surface area (Å²) < 4.78 is 7.45. The SMILES string of the molecule is CC(C)(N)C(=O)N[C@H](COCc1ccccc1)C(=O)Nc1cn(C(C(=O)N2CCCC2)c2ccccc2)cn1. The number of nitrogens with two attached hydrogens (primary N) is 1. The molecule has 1 aliphatic rings. The van der Waals surface area contributed by atoms with E-state index in [2.05, 4.69) is 15.6 Å². The molecular weight excluding hydrogens is 496 g/mol. The van der Waals surface area contributed by atoms with Crippen molar-refractivity contribution < 1.29 is 19.1 Å². The number of nitrogens with zero attached hydrogens (tertiary/aromatic N) is 3. The quantitative estimate of drug-likeness (QED) is 0.348. The molecule has 0 aliphatic carbocycles. The zero-order valence-electron chi connectivity index (χ0n) is 22.4. The topological polar surface area (TPSA) is 132 Å². The number of nitrogens with one attached hydrogen (secondary N) is 2. The van der Waals surface area contributed by atoms with Crippen LogP contribution in [0.4, 0.5) is 5.82 Å². The minimum absolute atomic E-state index is 0.0152. The van der Waals surface area contributed by atoms with E-state index in [1.807, 2.05) is 65.6 Å². The average Bonchev–Trinajstić information content (AvgIpc) is 3.62. The molecule has 10 heteroatoms. The molecule has 2 heterocycles. The molecule has 10 nitrogen and oxygen atoms in total. The second-order valence-corrected chi connectivity index (χ2v) is 10.3. The zero-order valence-corrected chi connectivity index (χ0v) is 22.4. The predicted octanol–water partition coefficient (Wildman–Crippen LogP) is 2.47. The number of amides is 3. The Kier molecular flexibility index (Phi) is 9.11. The van der Waals surface area contributed by atoms with Gasteiger partial charge in [0.25, 0.3) is 5.91 Å². The maximum atomic E-state index is 13.5. The fourth-order valence-corrected chi connectivity index (χ4v) is 4.34. The van der Waals surface area contributed by atoms with Crippen molar-refractivity contribution in [1.29, 1.82) is 0 Å². The van der Waals surface area contributed by atoms with Gasteiger partial charge in [0.1, 0.15) is 12.1 Å². The summed E-state index contributed by atoms with van der Waals surface area (Å²) in [4.78, 5) is 45.5. The summed E-state index contributed by atoms with van der Waals surface area (Å²) in [5.74, 6) is -0.757. The highest BCUT2D eigenvalue weighted by Gasteiger charge is 2.31. The summed E-state index contributed by atoms with van der Waals surface area (Å²) in [6, 6.07) is 17.4. The molecule has 1 saturated heterocycles. The third-order valence-corrected chi connectivity index (χ3v) is 6.52. The van der Waals surface area contributed by atoms with Gasteiger partial charge in [-0.15, -0.1) is 0 Å². The monoisotopic (exact) mass is 532 g/mol. The number of likely N-dealkylation sites (tertiary alicyclic amines) is 1. The molecule has 4 N–H and O–H groups in total. The van der Waals surface area contributed by atoms with Gasteiger partial charge < -0.3 is 30.6 Å². The van der Waals surface area contributed by atoms with Crippen molar-refractivity contribution in [2.24, 2.45) is 5.73 Å². The number of benzene rings is 2. The molecule has 2 atom stereocenters. The molecule has 39 heavy (non-hydrogen) atoms. The maximum absolute atomic E-state index is 13.5. The highest BCUT2D eigenvalue weighted by atomic mass is 16.5. The molecular formula is C29H36N6O4. The van der Waals surface area contributed by atoms with E-state index in [4.69, 9.17) is 10.5 Å². The number of ether oxygens (including phenoxy) is 1. The van der Waals surface area contributed by atoms with Crippen molar-refractivity contribution in [2.45, 2.75) is 50.9 Å². The van der Waals surface area contributed by atoms with Gasteiger partial charge in [-0.25, -0.2) is 4.98 Å². The van der Waals surface area contributed by atoms with Crippen molar-refractivity contribution in [2.75, 3.05) is 25.0 Å². The summed E-state index contributed by atoms with van der Waals surface area (Å²) in [5.41, 5.74) is 6.52. The lowest BCUT2D eigenvalue weighted by Crippen LogP contribution is -2.56. The lowest BCUT2D eigenvalue weighted by atomic mass is 10.1. The van der Waals surface area contributed by atoms with Crippen molar-refractivity contribution in [3.05, 3.63) is 84.3 Å². The van der Waals surface area contributed by atoms with E-state index >= 15 is 0 Å². The second kappa shape index (κ2) is 12.7. The summed E-state index contributed by atoms with van der Waals surface area (Å²) >= 11 is 0. The van der Waals surface area contributed by atoms with Crippen LogP contribution in [0.3, 0.4) is 0 Å². The van der Waals surface area contributed by atoms with Crippen LogP contribution in [-0.4, -0.2) is 63.4 Å². The third kappa shape index (κ3) is 7.52. The lowest BCUT2D eigenvalue weighted by molar-refractivity contribution is -0.132. The molecule has 0 bridgehead atoms. The summed E-state index contributed by atoms with van der Waals surface area (Å²) in [6.45, 7) is 4.78. The van der Waals surface area contributed by atoms with Crippen molar-refractivity contribution >= 4 is 23.5 Å². The summed E-state index contributed by atoms with van der Waals surface area (Å²) in [6.07, 6.45) is 5.12. The molecule has 206 valence electrons. The second-order valence-electron chi connectivity index (χ2n) is 10.3. The number of carbonyl (C=O) groups is 3. The van der Waals surface area contributed by atoms with E-state index in [0.29, 0.717) is 0 Å². The molecule has 4 rings (SSSR count). The van der Waals surface area contributed by atoms with Gasteiger partial charge in [0.15, 0.2) is 5.82 Å². The Morgan fingerprint density at radius 3 is 2.31 bits per heavy atom. The van der Waals surface area contributed by atoms with Crippen LogP contribution in [0.15, 0.2) is 73.2 Å². The van der Waals surface area contributed by atoms with Crippen molar-refractivity contribution in [1.82, 2.24) is 19.8 Å². The van der Waals surface area contributed by atoms with Crippen LogP contribution < -0.4 is 16.4 Å². The first-order chi connectivity index (χ1) is 18.7. The van der Waals surface area contributed by atoms with Crippen LogP contribution >= 0.6 is 0 Å². The first-order valence-corrected chi connectivity index (χ1v) is 13.1. The minimum Gasteiger partial charge on any atom is -0.374 e. The van der Waals surface area contributed by atoms with Crippen LogP contribution in [-0.2, 0) is 25.7 Å². The van der Waals surface area contributed by atoms with Gasteiger partial charge in [-0.1, -0.05) is 60.7 Å². The Labute approximate surface area is 228 Å². The Balaban J connectivity index is 1.48. The predicted molar refractivity (Wildman–Crippen MR) is 148 cm³/mol. The number of rotatable bonds is 11. The Morgan fingerprint density at radius 2 is 1.67 bits per heavy atom. The highest BCUT2D eigenvalue weighted by molar-refractivity contribution is 5.98. The van der Waals surface area contributed by atoms with Gasteiger partial charge >= 0.3 is 0 Å². The van der Waals surface area contributed by atoms with Crippen LogP contribution in [0.1, 0.15) is 43.9 Å². The molecule has 1 aromatic heterocycles. The summed E-state index contributed by atoms with van der Waals surface area (Å²) in [5, 5.41) is 5.43. The first kappa shape index (κ1) is 28.0. The molecule has 0 spiro atoms. The van der Waals surface area contributed by atoms with Gasteiger partial charge in [0.05, 0.1) is 25.1 Å². The van der Waals surface area contributed by atoms with Crippen LogP contribution in [0, 0.1) is 0 Å². The number of aromatic nitrogens is 2. The first-order valence-electron chi connectivity index (χ1n) is 13.1. The van der Waals surface area contributed by atoms with Gasteiger partial charge in [0, 0.05) is 19.3 Å². The molecule has 3 amide bonds. The molecule has 2 aromatic carbocycles. The Morgan fingerprint density at radius 1 is 1.03 bits per heavy atom. The van der Waals surface area contributed by atoms with E-state index in [0.717, 1.165) is 37.1 Å². The van der Waals surface area contributed by atoms with Crippen molar-refractivity contribution in [3.63, 3.8) is 0 Å². The van der Waals surface area contributed by atoms with Crippen LogP contribution in [0.5, 0.6) is 0 Å². The Bertz CT molecular complexity index is 1250. The standard InChI is InChI=1S/C29H36N6O4/c1-29(2,30)28(38)32-23(19-39-18-21-11-5-3-6-12-21)26(36)33-24-17-35(20-31-24)25(22-13-7-4-8-14-22)27(37)34-15-9-10-16-34/h3-8,11-14,17,20,23,25H,9-10,15-16,18-19,30H2,1-2H3,(H,32,38)(H,33,36)/t23-,25?/m1/s1. The average molecular weight is 533 g/mol. The molecule has 3 aromatic rings. The number of imidazole rings is 1. The minimum atomic E-state index is -1.18. The third-order valence-electron chi connectivity index (χ3n) is 6.52. The molecule has 1 fully saturated rings. The fourth-order valence-electron chi connectivity index (χ4n) is 4.34. The largest absolute Gasteiger partial charge is 0.374 e. The number of anilines is 1.